The van der Waals surface area contributed by atoms with Crippen LogP contribution in [-0.4, -0.2) is 15.9 Å². The van der Waals surface area contributed by atoms with E-state index < -0.39 is 0 Å². The first-order chi connectivity index (χ1) is 9.10. The Kier molecular flexibility index (Phi) is 4.47. The summed E-state index contributed by atoms with van der Waals surface area (Å²) in [6.45, 7) is 3.63. The number of nitrogens with zero attached hydrogens (tertiary/aromatic N) is 2. The summed E-state index contributed by atoms with van der Waals surface area (Å²) < 4.78 is 6.19. The van der Waals surface area contributed by atoms with Crippen LogP contribution in [0, 0.1) is 0 Å². The van der Waals surface area contributed by atoms with Gasteiger partial charge in [0.25, 0.3) is 0 Å². The molecule has 1 heterocycles. The zero-order valence-corrected chi connectivity index (χ0v) is 12.5. The monoisotopic (exact) mass is 322 g/mol. The number of rotatable bonds is 5. The van der Waals surface area contributed by atoms with E-state index in [1.54, 1.807) is 6.92 Å². The molecule has 4 nitrogen and oxygen atoms in total. The third kappa shape index (κ3) is 3.50. The molecule has 0 radical (unpaired) electrons. The first kappa shape index (κ1) is 13.9. The lowest BCUT2D eigenvalue weighted by atomic mass is 10.1. The number of ketones is 1. The summed E-state index contributed by atoms with van der Waals surface area (Å²) in [4.78, 5) is 15.9. The molecule has 2 aromatic rings. The first-order valence-corrected chi connectivity index (χ1v) is 6.99. The predicted molar refractivity (Wildman–Crippen MR) is 75.0 cm³/mol. The number of carbonyl (C=O) groups excluding carboxylic acids is 1. The largest absolute Gasteiger partial charge is 0.339 e. The van der Waals surface area contributed by atoms with Gasteiger partial charge in [-0.1, -0.05) is 40.1 Å². The summed E-state index contributed by atoms with van der Waals surface area (Å²) in [7, 11) is 0. The summed E-state index contributed by atoms with van der Waals surface area (Å²) in [5.41, 5.74) is 1.10. The molecule has 19 heavy (non-hydrogen) atoms. The van der Waals surface area contributed by atoms with Gasteiger partial charge in [-0.05, 0) is 24.6 Å². The highest BCUT2D eigenvalue weighted by atomic mass is 79.9. The third-order valence-electron chi connectivity index (χ3n) is 2.96. The molecule has 0 aliphatic carbocycles. The van der Waals surface area contributed by atoms with E-state index in [2.05, 4.69) is 26.1 Å². The van der Waals surface area contributed by atoms with E-state index in [9.17, 15) is 4.79 Å². The first-order valence-electron chi connectivity index (χ1n) is 6.19. The van der Waals surface area contributed by atoms with Gasteiger partial charge in [-0.3, -0.25) is 4.79 Å². The molecule has 0 aliphatic heterocycles. The molecule has 1 unspecified atom stereocenters. The van der Waals surface area contributed by atoms with Gasteiger partial charge in [-0.2, -0.15) is 4.98 Å². The van der Waals surface area contributed by atoms with Crippen molar-refractivity contribution in [2.75, 3.05) is 0 Å². The van der Waals surface area contributed by atoms with E-state index in [0.29, 0.717) is 24.6 Å². The number of benzene rings is 1. The van der Waals surface area contributed by atoms with Crippen molar-refractivity contribution in [3.05, 3.63) is 46.0 Å². The van der Waals surface area contributed by atoms with Crippen molar-refractivity contribution < 1.29 is 9.32 Å². The number of Topliss-reactive ketones (excluding diaryl/α,β-unsaturated/α-hetero) is 1. The third-order valence-corrected chi connectivity index (χ3v) is 3.49. The van der Waals surface area contributed by atoms with Crippen molar-refractivity contribution in [1.29, 1.82) is 0 Å². The van der Waals surface area contributed by atoms with Crippen molar-refractivity contribution in [2.45, 2.75) is 32.6 Å². The lowest BCUT2D eigenvalue weighted by Crippen LogP contribution is -2.07. The summed E-state index contributed by atoms with van der Waals surface area (Å²) in [5.74, 6) is 0.794. The van der Waals surface area contributed by atoms with Gasteiger partial charge in [-0.25, -0.2) is 0 Å². The highest BCUT2D eigenvalue weighted by Gasteiger charge is 2.20. The SMILES string of the molecule is CCC(=O)C(C)c1nc(Cc2ccc(Br)cc2)no1. The fourth-order valence-electron chi connectivity index (χ4n) is 1.74. The minimum atomic E-state index is -0.323. The Balaban J connectivity index is 2.09. The molecule has 0 spiro atoms. The van der Waals surface area contributed by atoms with E-state index >= 15 is 0 Å². The van der Waals surface area contributed by atoms with Crippen LogP contribution in [0.5, 0.6) is 0 Å². The predicted octanol–water partition coefficient (Wildman–Crippen LogP) is 3.51. The molecule has 0 aliphatic rings. The molecular formula is C14H15BrN2O2. The maximum absolute atomic E-state index is 11.6. The summed E-state index contributed by atoms with van der Waals surface area (Å²) in [6.07, 6.45) is 1.08. The summed E-state index contributed by atoms with van der Waals surface area (Å²) >= 11 is 3.39. The van der Waals surface area contributed by atoms with Gasteiger partial charge in [0.15, 0.2) is 5.82 Å². The van der Waals surface area contributed by atoms with Crippen LogP contribution in [0.3, 0.4) is 0 Å². The highest BCUT2D eigenvalue weighted by molar-refractivity contribution is 9.10. The van der Waals surface area contributed by atoms with Crippen LogP contribution in [0.15, 0.2) is 33.3 Å². The molecule has 0 amide bonds. The fourth-order valence-corrected chi connectivity index (χ4v) is 2.01. The second kappa shape index (κ2) is 6.10. The van der Waals surface area contributed by atoms with Crippen LogP contribution in [0.25, 0.3) is 0 Å². The minimum absolute atomic E-state index is 0.110. The molecule has 0 bridgehead atoms. The van der Waals surface area contributed by atoms with E-state index in [0.717, 1.165) is 10.0 Å². The van der Waals surface area contributed by atoms with E-state index in [1.165, 1.54) is 0 Å². The zero-order chi connectivity index (χ0) is 13.8. The van der Waals surface area contributed by atoms with E-state index in [4.69, 9.17) is 4.52 Å². The van der Waals surface area contributed by atoms with E-state index in [-0.39, 0.29) is 11.7 Å². The number of hydrogen-bond donors (Lipinski definition) is 0. The highest BCUT2D eigenvalue weighted by Crippen LogP contribution is 2.17. The Labute approximate surface area is 120 Å². The quantitative estimate of drug-likeness (QED) is 0.845. The Hall–Kier alpha value is -1.49. The molecule has 0 N–H and O–H groups in total. The second-order valence-electron chi connectivity index (χ2n) is 4.39. The Morgan fingerprint density at radius 1 is 1.37 bits per heavy atom. The van der Waals surface area contributed by atoms with Crippen molar-refractivity contribution >= 4 is 21.7 Å². The molecule has 0 saturated carbocycles. The van der Waals surface area contributed by atoms with Crippen LogP contribution in [0.1, 0.15) is 43.5 Å². The summed E-state index contributed by atoms with van der Waals surface area (Å²) in [5, 5.41) is 3.92. The molecule has 2 rings (SSSR count). The number of carbonyl (C=O) groups is 1. The fraction of sp³-hybridized carbons (Fsp3) is 0.357. The number of aromatic nitrogens is 2. The maximum atomic E-state index is 11.6. The normalized spacial score (nSPS) is 12.4. The van der Waals surface area contributed by atoms with Gasteiger partial charge in [0.1, 0.15) is 5.78 Å². The standard InChI is InChI=1S/C14H15BrN2O2/c1-3-12(18)9(2)14-16-13(17-19-14)8-10-4-6-11(15)7-5-10/h4-7,9H,3,8H2,1-2H3. The van der Waals surface area contributed by atoms with Crippen LogP contribution < -0.4 is 0 Å². The molecular weight excluding hydrogens is 308 g/mol. The molecule has 1 aromatic heterocycles. The Bertz CT molecular complexity index is 563. The van der Waals surface area contributed by atoms with Gasteiger partial charge in [0.05, 0.1) is 5.92 Å². The molecule has 1 atom stereocenters. The Morgan fingerprint density at radius 2 is 2.05 bits per heavy atom. The average Bonchev–Trinajstić information content (AvgIpc) is 2.88. The van der Waals surface area contributed by atoms with Crippen LogP contribution in [0.2, 0.25) is 0 Å². The molecule has 0 fully saturated rings. The van der Waals surface area contributed by atoms with Gasteiger partial charge < -0.3 is 4.52 Å². The van der Waals surface area contributed by atoms with Gasteiger partial charge in [0.2, 0.25) is 5.89 Å². The number of hydrogen-bond acceptors (Lipinski definition) is 4. The molecule has 1 aromatic carbocycles. The topological polar surface area (TPSA) is 56.0 Å². The molecule has 100 valence electrons. The molecule has 5 heteroatoms. The summed E-state index contributed by atoms with van der Waals surface area (Å²) in [6, 6.07) is 7.95. The van der Waals surface area contributed by atoms with Gasteiger partial charge in [-0.15, -0.1) is 0 Å². The Morgan fingerprint density at radius 3 is 2.68 bits per heavy atom. The second-order valence-corrected chi connectivity index (χ2v) is 5.31. The smallest absolute Gasteiger partial charge is 0.236 e. The van der Waals surface area contributed by atoms with Crippen molar-refractivity contribution in [2.24, 2.45) is 0 Å². The van der Waals surface area contributed by atoms with Crippen LogP contribution >= 0.6 is 15.9 Å². The minimum Gasteiger partial charge on any atom is -0.339 e. The maximum Gasteiger partial charge on any atom is 0.236 e. The van der Waals surface area contributed by atoms with Gasteiger partial charge in [0, 0.05) is 17.3 Å². The molecule has 0 saturated heterocycles. The van der Waals surface area contributed by atoms with Crippen molar-refractivity contribution in [1.82, 2.24) is 10.1 Å². The average molecular weight is 323 g/mol. The van der Waals surface area contributed by atoms with Crippen LogP contribution in [-0.2, 0) is 11.2 Å². The van der Waals surface area contributed by atoms with Gasteiger partial charge >= 0.3 is 0 Å². The van der Waals surface area contributed by atoms with E-state index in [1.807, 2.05) is 31.2 Å². The van der Waals surface area contributed by atoms with Crippen molar-refractivity contribution in [3.63, 3.8) is 0 Å². The zero-order valence-electron chi connectivity index (χ0n) is 10.9. The van der Waals surface area contributed by atoms with Crippen LogP contribution in [0.4, 0.5) is 0 Å². The van der Waals surface area contributed by atoms with Crippen molar-refractivity contribution in [3.8, 4) is 0 Å². The number of halogens is 1. The lowest BCUT2D eigenvalue weighted by Gasteiger charge is -2.01. The lowest BCUT2D eigenvalue weighted by molar-refractivity contribution is -0.120.